The van der Waals surface area contributed by atoms with Gasteiger partial charge < -0.3 is 15.4 Å². The fraction of sp³-hybridized carbons (Fsp3) is 0.500. The monoisotopic (exact) mass is 248 g/mol. The predicted octanol–water partition coefficient (Wildman–Crippen LogP) is 2.23. The Balaban J connectivity index is 2.33. The van der Waals surface area contributed by atoms with Crippen molar-refractivity contribution in [1.82, 2.24) is 0 Å². The molecule has 0 bridgehead atoms. The lowest BCUT2D eigenvalue weighted by Crippen LogP contribution is -2.39. The second-order valence-corrected chi connectivity index (χ2v) is 4.70. The van der Waals surface area contributed by atoms with Crippen molar-refractivity contribution >= 4 is 11.6 Å². The number of anilines is 1. The van der Waals surface area contributed by atoms with Gasteiger partial charge in [-0.3, -0.25) is 4.79 Å². The van der Waals surface area contributed by atoms with Gasteiger partial charge in [-0.15, -0.1) is 0 Å². The van der Waals surface area contributed by atoms with Gasteiger partial charge in [-0.05, 0) is 31.0 Å². The molecule has 0 spiro atoms. The number of ether oxygens (including phenoxy) is 1. The molecule has 4 heteroatoms. The zero-order valence-electron chi connectivity index (χ0n) is 11.0. The van der Waals surface area contributed by atoms with Crippen LogP contribution in [-0.4, -0.2) is 19.1 Å². The molecule has 1 unspecified atom stereocenters. The molecule has 0 radical (unpaired) electrons. The molecule has 0 saturated carbocycles. The van der Waals surface area contributed by atoms with Crippen molar-refractivity contribution < 1.29 is 9.53 Å². The number of hydrogen-bond donors (Lipinski definition) is 1. The number of unbranched alkanes of at least 4 members (excludes halogenated alkanes) is 1. The van der Waals surface area contributed by atoms with Crippen molar-refractivity contribution in [2.75, 3.05) is 18.1 Å². The van der Waals surface area contributed by atoms with E-state index in [4.69, 9.17) is 10.5 Å². The minimum atomic E-state index is -0.0413. The first-order valence-corrected chi connectivity index (χ1v) is 6.46. The largest absolute Gasteiger partial charge is 0.482 e. The van der Waals surface area contributed by atoms with E-state index in [0.717, 1.165) is 36.4 Å². The molecule has 1 aromatic rings. The Labute approximate surface area is 108 Å². The highest BCUT2D eigenvalue weighted by Gasteiger charge is 2.25. The van der Waals surface area contributed by atoms with Crippen LogP contribution in [0.1, 0.15) is 38.3 Å². The molecule has 1 atom stereocenters. The summed E-state index contributed by atoms with van der Waals surface area (Å²) in [6.45, 7) is 4.93. The SMILES string of the molecule is CCCCN1C(=O)COc2ccc(C(C)N)cc21. The average Bonchev–Trinajstić information content (AvgIpc) is 2.37. The van der Waals surface area contributed by atoms with E-state index < -0.39 is 0 Å². The van der Waals surface area contributed by atoms with E-state index in [1.54, 1.807) is 0 Å². The molecule has 2 N–H and O–H groups in total. The van der Waals surface area contributed by atoms with Crippen molar-refractivity contribution in [2.45, 2.75) is 32.7 Å². The second-order valence-electron chi connectivity index (χ2n) is 4.70. The van der Waals surface area contributed by atoms with Crippen LogP contribution >= 0.6 is 0 Å². The van der Waals surface area contributed by atoms with Crippen molar-refractivity contribution in [1.29, 1.82) is 0 Å². The maximum absolute atomic E-state index is 11.9. The second kappa shape index (κ2) is 5.40. The summed E-state index contributed by atoms with van der Waals surface area (Å²) in [6.07, 6.45) is 2.06. The molecule has 2 rings (SSSR count). The fourth-order valence-electron chi connectivity index (χ4n) is 2.06. The maximum Gasteiger partial charge on any atom is 0.265 e. The summed E-state index contributed by atoms with van der Waals surface area (Å²) >= 11 is 0. The predicted molar refractivity (Wildman–Crippen MR) is 71.8 cm³/mol. The van der Waals surface area contributed by atoms with E-state index in [1.165, 1.54) is 0 Å². The highest BCUT2D eigenvalue weighted by atomic mass is 16.5. The number of amides is 1. The molecule has 1 aliphatic heterocycles. The van der Waals surface area contributed by atoms with E-state index in [1.807, 2.05) is 30.0 Å². The van der Waals surface area contributed by atoms with Gasteiger partial charge in [0.2, 0.25) is 0 Å². The van der Waals surface area contributed by atoms with Crippen LogP contribution in [0.5, 0.6) is 5.75 Å². The van der Waals surface area contributed by atoms with Crippen LogP contribution in [0.2, 0.25) is 0 Å². The van der Waals surface area contributed by atoms with Gasteiger partial charge in [-0.1, -0.05) is 19.4 Å². The molecule has 0 saturated heterocycles. The maximum atomic E-state index is 11.9. The molecular formula is C14H20N2O2. The Morgan fingerprint density at radius 2 is 2.28 bits per heavy atom. The van der Waals surface area contributed by atoms with Crippen LogP contribution in [0, 0.1) is 0 Å². The van der Waals surface area contributed by atoms with Crippen molar-refractivity contribution in [3.05, 3.63) is 23.8 Å². The number of fused-ring (bicyclic) bond motifs is 1. The number of rotatable bonds is 4. The zero-order chi connectivity index (χ0) is 13.1. The Morgan fingerprint density at radius 1 is 1.50 bits per heavy atom. The van der Waals surface area contributed by atoms with Gasteiger partial charge in [0.05, 0.1) is 5.69 Å². The lowest BCUT2D eigenvalue weighted by atomic mass is 10.1. The molecule has 0 aromatic heterocycles. The highest BCUT2D eigenvalue weighted by molar-refractivity contribution is 5.97. The first-order chi connectivity index (χ1) is 8.63. The van der Waals surface area contributed by atoms with Crippen molar-refractivity contribution in [3.8, 4) is 5.75 Å². The molecule has 1 heterocycles. The standard InChI is InChI=1S/C14H20N2O2/c1-3-4-7-16-12-8-11(10(2)15)5-6-13(12)18-9-14(16)17/h5-6,8,10H,3-4,7,9,15H2,1-2H3. The van der Waals surface area contributed by atoms with Crippen molar-refractivity contribution in [3.63, 3.8) is 0 Å². The normalized spacial score (nSPS) is 16.2. The van der Waals surface area contributed by atoms with Crippen LogP contribution in [0.3, 0.4) is 0 Å². The van der Waals surface area contributed by atoms with Gasteiger partial charge in [0, 0.05) is 12.6 Å². The summed E-state index contributed by atoms with van der Waals surface area (Å²) in [6, 6.07) is 5.78. The molecule has 18 heavy (non-hydrogen) atoms. The Bertz CT molecular complexity index is 443. The van der Waals surface area contributed by atoms with Crippen LogP contribution in [0.4, 0.5) is 5.69 Å². The molecule has 1 aliphatic rings. The summed E-state index contributed by atoms with van der Waals surface area (Å²) in [5.74, 6) is 0.799. The number of carbonyl (C=O) groups is 1. The summed E-state index contributed by atoms with van der Waals surface area (Å²) < 4.78 is 5.45. The molecule has 0 aliphatic carbocycles. The van der Waals surface area contributed by atoms with E-state index >= 15 is 0 Å². The first kappa shape index (κ1) is 12.9. The highest BCUT2D eigenvalue weighted by Crippen LogP contribution is 2.34. The molecule has 1 amide bonds. The van der Waals surface area contributed by atoms with E-state index in [-0.39, 0.29) is 18.6 Å². The Morgan fingerprint density at radius 3 is 2.94 bits per heavy atom. The number of nitrogens with two attached hydrogens (primary N) is 1. The first-order valence-electron chi connectivity index (χ1n) is 6.46. The van der Waals surface area contributed by atoms with E-state index in [0.29, 0.717) is 0 Å². The Kier molecular flexibility index (Phi) is 3.87. The van der Waals surface area contributed by atoms with Gasteiger partial charge in [-0.2, -0.15) is 0 Å². The molecule has 0 fully saturated rings. The Hall–Kier alpha value is -1.55. The van der Waals surface area contributed by atoms with Gasteiger partial charge in [-0.25, -0.2) is 0 Å². The third-order valence-corrected chi connectivity index (χ3v) is 3.19. The minimum Gasteiger partial charge on any atom is -0.482 e. The number of carbonyl (C=O) groups excluding carboxylic acids is 1. The summed E-state index contributed by atoms with van der Waals surface area (Å²) in [5, 5.41) is 0. The van der Waals surface area contributed by atoms with Gasteiger partial charge in [0.25, 0.3) is 5.91 Å². The van der Waals surface area contributed by atoms with Crippen LogP contribution in [0.25, 0.3) is 0 Å². The molecule has 1 aromatic carbocycles. The van der Waals surface area contributed by atoms with Crippen LogP contribution < -0.4 is 15.4 Å². The zero-order valence-corrected chi connectivity index (χ0v) is 11.0. The number of hydrogen-bond acceptors (Lipinski definition) is 3. The van der Waals surface area contributed by atoms with Crippen LogP contribution in [-0.2, 0) is 4.79 Å². The van der Waals surface area contributed by atoms with Gasteiger partial charge in [0.15, 0.2) is 6.61 Å². The molecule has 98 valence electrons. The minimum absolute atomic E-state index is 0.0257. The molecule has 4 nitrogen and oxygen atoms in total. The van der Waals surface area contributed by atoms with Gasteiger partial charge in [0.1, 0.15) is 5.75 Å². The molecular weight excluding hydrogens is 228 g/mol. The van der Waals surface area contributed by atoms with E-state index in [2.05, 4.69) is 6.92 Å². The topological polar surface area (TPSA) is 55.6 Å². The number of benzene rings is 1. The third kappa shape index (κ3) is 2.48. The third-order valence-electron chi connectivity index (χ3n) is 3.19. The summed E-state index contributed by atoms with van der Waals surface area (Å²) in [5.41, 5.74) is 7.76. The summed E-state index contributed by atoms with van der Waals surface area (Å²) in [7, 11) is 0. The lowest BCUT2D eigenvalue weighted by Gasteiger charge is -2.30. The van der Waals surface area contributed by atoms with Gasteiger partial charge >= 0.3 is 0 Å². The smallest absolute Gasteiger partial charge is 0.265 e. The fourth-order valence-corrected chi connectivity index (χ4v) is 2.06. The van der Waals surface area contributed by atoms with Crippen molar-refractivity contribution in [2.24, 2.45) is 5.73 Å². The summed E-state index contributed by atoms with van der Waals surface area (Å²) in [4.78, 5) is 13.7. The lowest BCUT2D eigenvalue weighted by molar-refractivity contribution is -0.121. The van der Waals surface area contributed by atoms with Crippen LogP contribution in [0.15, 0.2) is 18.2 Å². The average molecular weight is 248 g/mol. The quantitative estimate of drug-likeness (QED) is 0.889. The van der Waals surface area contributed by atoms with E-state index in [9.17, 15) is 4.79 Å². The number of nitrogens with zero attached hydrogens (tertiary/aromatic N) is 1.